The molecule has 0 saturated carbocycles. The molecule has 0 aliphatic heterocycles. The van der Waals surface area contributed by atoms with Crippen LogP contribution < -0.4 is 11.5 Å². The van der Waals surface area contributed by atoms with Gasteiger partial charge in [-0.2, -0.15) is 0 Å². The molecular weight excluding hydrogens is 294 g/mol. The Bertz CT molecular complexity index is 286. The molecule has 0 aliphatic rings. The molecule has 1 aromatic carbocycles. The Labute approximate surface area is 103 Å². The highest BCUT2D eigenvalue weighted by Crippen LogP contribution is 2.18. The molecule has 0 amide bonds. The van der Waals surface area contributed by atoms with Crippen molar-refractivity contribution in [1.29, 1.82) is 0 Å². The van der Waals surface area contributed by atoms with Crippen LogP contribution in [0.1, 0.15) is 11.6 Å². The number of rotatable bonds is 2. The standard InChI is InChI=1S/C8H10BrFN2.2ClH/c9-5-1-2-6(7(10)3-5)8(12)4-11;;/h1-3,8H,4,11-12H2;2*1H/t8-;;/m0../s1. The first-order valence-corrected chi connectivity index (χ1v) is 4.35. The maximum absolute atomic E-state index is 13.1. The largest absolute Gasteiger partial charge is 0.329 e. The topological polar surface area (TPSA) is 52.0 Å². The van der Waals surface area contributed by atoms with Crippen molar-refractivity contribution in [2.24, 2.45) is 11.5 Å². The lowest BCUT2D eigenvalue weighted by Crippen LogP contribution is -2.21. The summed E-state index contributed by atoms with van der Waals surface area (Å²) in [6, 6.07) is 4.34. The molecule has 1 atom stereocenters. The Hall–Kier alpha value is 0.130. The predicted octanol–water partition coefficient (Wildman–Crippen LogP) is 2.39. The van der Waals surface area contributed by atoms with E-state index in [1.165, 1.54) is 6.07 Å². The Morgan fingerprint density at radius 2 is 1.93 bits per heavy atom. The van der Waals surface area contributed by atoms with Gasteiger partial charge in [-0.1, -0.05) is 22.0 Å². The predicted molar refractivity (Wildman–Crippen MR) is 64.6 cm³/mol. The summed E-state index contributed by atoms with van der Waals surface area (Å²) in [6.07, 6.45) is 0. The van der Waals surface area contributed by atoms with Crippen LogP contribution in [0.3, 0.4) is 0 Å². The molecule has 0 heterocycles. The van der Waals surface area contributed by atoms with Crippen LogP contribution in [-0.4, -0.2) is 6.54 Å². The van der Waals surface area contributed by atoms with Crippen LogP contribution in [0.15, 0.2) is 22.7 Å². The molecule has 0 aliphatic carbocycles. The van der Waals surface area contributed by atoms with E-state index < -0.39 is 6.04 Å². The smallest absolute Gasteiger partial charge is 0.129 e. The van der Waals surface area contributed by atoms with E-state index in [0.717, 1.165) is 0 Å². The fourth-order valence-corrected chi connectivity index (χ4v) is 1.26. The summed E-state index contributed by atoms with van der Waals surface area (Å²) < 4.78 is 13.8. The van der Waals surface area contributed by atoms with Crippen LogP contribution >= 0.6 is 40.7 Å². The normalized spacial score (nSPS) is 11.1. The first kappa shape index (κ1) is 16.6. The molecule has 0 bridgehead atoms. The second-order valence-corrected chi connectivity index (χ2v) is 3.42. The van der Waals surface area contributed by atoms with E-state index in [0.29, 0.717) is 10.0 Å². The minimum atomic E-state index is -0.418. The lowest BCUT2D eigenvalue weighted by molar-refractivity contribution is 0.583. The average molecular weight is 306 g/mol. The third-order valence-corrected chi connectivity index (χ3v) is 2.11. The van der Waals surface area contributed by atoms with Crippen molar-refractivity contribution in [3.63, 3.8) is 0 Å². The SMILES string of the molecule is Cl.Cl.NC[C@H](N)c1ccc(Br)cc1F. The monoisotopic (exact) mass is 304 g/mol. The van der Waals surface area contributed by atoms with Crippen LogP contribution in [-0.2, 0) is 0 Å². The Balaban J connectivity index is 0. The van der Waals surface area contributed by atoms with Crippen molar-refractivity contribution in [3.05, 3.63) is 34.1 Å². The molecule has 0 fully saturated rings. The second kappa shape index (κ2) is 7.43. The quantitative estimate of drug-likeness (QED) is 0.881. The van der Waals surface area contributed by atoms with E-state index in [4.69, 9.17) is 11.5 Å². The molecule has 1 rings (SSSR count). The molecule has 0 spiro atoms. The van der Waals surface area contributed by atoms with E-state index in [9.17, 15) is 4.39 Å². The Morgan fingerprint density at radius 3 is 2.36 bits per heavy atom. The van der Waals surface area contributed by atoms with Crippen molar-refractivity contribution in [2.75, 3.05) is 6.54 Å². The van der Waals surface area contributed by atoms with E-state index in [1.54, 1.807) is 12.1 Å². The van der Waals surface area contributed by atoms with Gasteiger partial charge in [0, 0.05) is 22.6 Å². The number of benzene rings is 1. The third kappa shape index (κ3) is 4.11. The van der Waals surface area contributed by atoms with Crippen LogP contribution in [0.4, 0.5) is 4.39 Å². The zero-order valence-electron chi connectivity index (χ0n) is 7.24. The van der Waals surface area contributed by atoms with E-state index in [2.05, 4.69) is 15.9 Å². The summed E-state index contributed by atoms with van der Waals surface area (Å²) in [6.45, 7) is 0.249. The fourth-order valence-electron chi connectivity index (χ4n) is 0.929. The zero-order valence-corrected chi connectivity index (χ0v) is 10.5. The van der Waals surface area contributed by atoms with Gasteiger partial charge in [0.2, 0.25) is 0 Å². The Kier molecular flexibility index (Phi) is 8.78. The molecule has 2 nitrogen and oxygen atoms in total. The van der Waals surface area contributed by atoms with Crippen LogP contribution in [0.25, 0.3) is 0 Å². The fraction of sp³-hybridized carbons (Fsp3) is 0.250. The van der Waals surface area contributed by atoms with Gasteiger partial charge >= 0.3 is 0 Å². The maximum Gasteiger partial charge on any atom is 0.129 e. The van der Waals surface area contributed by atoms with Crippen molar-refractivity contribution in [3.8, 4) is 0 Å². The number of hydrogen-bond acceptors (Lipinski definition) is 2. The zero-order chi connectivity index (χ0) is 9.14. The van der Waals surface area contributed by atoms with Gasteiger partial charge in [0.1, 0.15) is 5.82 Å². The Morgan fingerprint density at radius 1 is 1.36 bits per heavy atom. The van der Waals surface area contributed by atoms with Gasteiger partial charge in [-0.25, -0.2) is 4.39 Å². The van der Waals surface area contributed by atoms with Crippen molar-refractivity contribution >= 4 is 40.7 Å². The van der Waals surface area contributed by atoms with Gasteiger partial charge in [0.15, 0.2) is 0 Å². The molecule has 0 unspecified atom stereocenters. The molecule has 82 valence electrons. The highest BCUT2D eigenvalue weighted by molar-refractivity contribution is 9.10. The number of halogens is 4. The van der Waals surface area contributed by atoms with Gasteiger partial charge in [-0.05, 0) is 12.1 Å². The van der Waals surface area contributed by atoms with E-state index >= 15 is 0 Å². The summed E-state index contributed by atoms with van der Waals surface area (Å²) in [5, 5.41) is 0. The van der Waals surface area contributed by atoms with Gasteiger partial charge in [-0.15, -0.1) is 24.8 Å². The highest BCUT2D eigenvalue weighted by atomic mass is 79.9. The average Bonchev–Trinajstić information content (AvgIpc) is 2.03. The number of nitrogens with two attached hydrogens (primary N) is 2. The van der Waals surface area contributed by atoms with Gasteiger partial charge in [0.05, 0.1) is 0 Å². The van der Waals surface area contributed by atoms with Crippen LogP contribution in [0, 0.1) is 5.82 Å². The molecule has 6 heteroatoms. The van der Waals surface area contributed by atoms with Crippen LogP contribution in [0.2, 0.25) is 0 Å². The van der Waals surface area contributed by atoms with E-state index in [1.807, 2.05) is 0 Å². The molecule has 14 heavy (non-hydrogen) atoms. The van der Waals surface area contributed by atoms with E-state index in [-0.39, 0.29) is 37.2 Å². The van der Waals surface area contributed by atoms with Gasteiger partial charge in [-0.3, -0.25) is 0 Å². The first-order valence-electron chi connectivity index (χ1n) is 3.55. The molecular formula is C8H12BrCl2FN2. The summed E-state index contributed by atoms with van der Waals surface area (Å²) in [7, 11) is 0. The molecule has 0 saturated heterocycles. The second-order valence-electron chi connectivity index (χ2n) is 2.51. The molecule has 4 N–H and O–H groups in total. The van der Waals surface area contributed by atoms with Gasteiger partial charge < -0.3 is 11.5 Å². The van der Waals surface area contributed by atoms with Crippen LogP contribution in [0.5, 0.6) is 0 Å². The van der Waals surface area contributed by atoms with Gasteiger partial charge in [0.25, 0.3) is 0 Å². The molecule has 1 aromatic rings. The number of hydrogen-bond donors (Lipinski definition) is 2. The lowest BCUT2D eigenvalue weighted by atomic mass is 10.1. The highest BCUT2D eigenvalue weighted by Gasteiger charge is 2.08. The lowest BCUT2D eigenvalue weighted by Gasteiger charge is -2.09. The molecule has 0 aromatic heterocycles. The van der Waals surface area contributed by atoms with Crippen molar-refractivity contribution in [1.82, 2.24) is 0 Å². The van der Waals surface area contributed by atoms with Crippen molar-refractivity contribution in [2.45, 2.75) is 6.04 Å². The summed E-state index contributed by atoms with van der Waals surface area (Å²) in [5.74, 6) is -0.317. The maximum atomic E-state index is 13.1. The minimum Gasteiger partial charge on any atom is -0.329 e. The summed E-state index contributed by atoms with van der Waals surface area (Å²) >= 11 is 3.16. The summed E-state index contributed by atoms with van der Waals surface area (Å²) in [4.78, 5) is 0. The minimum absolute atomic E-state index is 0. The summed E-state index contributed by atoms with van der Waals surface area (Å²) in [5.41, 5.74) is 11.3. The first-order chi connectivity index (χ1) is 5.65. The molecule has 0 radical (unpaired) electrons. The third-order valence-electron chi connectivity index (χ3n) is 1.62. The van der Waals surface area contributed by atoms with Crippen molar-refractivity contribution < 1.29 is 4.39 Å².